The maximum atomic E-state index is 13.8. The summed E-state index contributed by atoms with van der Waals surface area (Å²) in [5.41, 5.74) is 6.36. The third-order valence-electron chi connectivity index (χ3n) is 6.57. The molecule has 11 nitrogen and oxygen atoms in total. The van der Waals surface area contributed by atoms with E-state index in [0.717, 1.165) is 23.0 Å². The Morgan fingerprint density at radius 3 is 2.42 bits per heavy atom. The zero-order chi connectivity index (χ0) is 29.4. The number of nitrogens with one attached hydrogen (secondary N) is 3. The summed E-state index contributed by atoms with van der Waals surface area (Å²) in [7, 11) is -0.453. The van der Waals surface area contributed by atoms with Gasteiger partial charge in [-0.2, -0.15) is 9.40 Å². The lowest BCUT2D eigenvalue weighted by Gasteiger charge is -2.36. The first kappa shape index (κ1) is 29.1. The Hall–Kier alpha value is -3.88. The van der Waals surface area contributed by atoms with Crippen LogP contribution in [0.2, 0.25) is 0 Å². The number of aromatic amines is 1. The summed E-state index contributed by atoms with van der Waals surface area (Å²) in [6.07, 6.45) is 0. The van der Waals surface area contributed by atoms with Gasteiger partial charge in [0.15, 0.2) is 5.82 Å². The van der Waals surface area contributed by atoms with Gasteiger partial charge in [0, 0.05) is 54.6 Å². The van der Waals surface area contributed by atoms with E-state index in [-0.39, 0.29) is 30.0 Å². The Morgan fingerprint density at radius 1 is 1.12 bits per heavy atom. The smallest absolute Gasteiger partial charge is 0.257 e. The molecule has 214 valence electrons. The second kappa shape index (κ2) is 10.9. The van der Waals surface area contributed by atoms with Crippen LogP contribution in [0.3, 0.4) is 0 Å². The van der Waals surface area contributed by atoms with Gasteiger partial charge in [-0.3, -0.25) is 14.7 Å². The third kappa shape index (κ3) is 5.98. The molecule has 0 saturated carbocycles. The van der Waals surface area contributed by atoms with E-state index in [1.165, 1.54) is 12.1 Å². The average Bonchev–Trinajstić information content (AvgIpc) is 3.26. The SMILES string of the molecule is CN(C)CCNc1ccc(C(=O)Nc2n[nH]c3c2CN(S(=O)(=O)c2cc(F)cc(F)c2)CC3(C)C)c(C(N)=O)c1. The molecule has 0 unspecified atom stereocenters. The number of anilines is 2. The molecule has 14 heteroatoms. The van der Waals surface area contributed by atoms with Gasteiger partial charge in [-0.15, -0.1) is 0 Å². The van der Waals surface area contributed by atoms with E-state index in [1.807, 2.05) is 19.0 Å². The standard InChI is InChI=1S/C26H31F2N7O4S/c1-26(2)14-35(40(38,39)18-10-15(27)9-16(28)11-18)13-21-22(26)32-33-24(21)31-25(37)19-6-5-17(12-20(19)23(29)36)30-7-8-34(3)4/h5-6,9-12,30H,7-8,13-14H2,1-4H3,(H2,29,36)(H2,31,32,33,37). The Morgan fingerprint density at radius 2 is 1.80 bits per heavy atom. The number of rotatable bonds is 9. The Balaban J connectivity index is 1.62. The van der Waals surface area contributed by atoms with Gasteiger partial charge in [-0.25, -0.2) is 17.2 Å². The van der Waals surface area contributed by atoms with E-state index in [2.05, 4.69) is 20.8 Å². The quantitative estimate of drug-likeness (QED) is 0.306. The Kier molecular flexibility index (Phi) is 7.97. The molecule has 0 bridgehead atoms. The number of sulfonamides is 1. The number of fused-ring (bicyclic) bond motifs is 1. The van der Waals surface area contributed by atoms with Crippen molar-refractivity contribution in [1.29, 1.82) is 0 Å². The van der Waals surface area contributed by atoms with Crippen molar-refractivity contribution in [3.05, 3.63) is 70.4 Å². The predicted octanol–water partition coefficient (Wildman–Crippen LogP) is 2.49. The van der Waals surface area contributed by atoms with Crippen LogP contribution in [-0.2, 0) is 22.0 Å². The molecular weight excluding hydrogens is 544 g/mol. The van der Waals surface area contributed by atoms with Crippen molar-refractivity contribution in [2.45, 2.75) is 30.7 Å². The molecule has 2 aromatic carbocycles. The lowest BCUT2D eigenvalue weighted by molar-refractivity contribution is 0.0977. The van der Waals surface area contributed by atoms with Crippen LogP contribution in [0.4, 0.5) is 20.3 Å². The van der Waals surface area contributed by atoms with Gasteiger partial charge < -0.3 is 21.3 Å². The lowest BCUT2D eigenvalue weighted by Crippen LogP contribution is -2.45. The molecule has 0 fully saturated rings. The lowest BCUT2D eigenvalue weighted by atomic mass is 9.84. The largest absolute Gasteiger partial charge is 0.384 e. The second-order valence-electron chi connectivity index (χ2n) is 10.5. The first-order valence-electron chi connectivity index (χ1n) is 12.4. The summed E-state index contributed by atoms with van der Waals surface area (Å²) in [5, 5.41) is 12.9. The second-order valence-corrected chi connectivity index (χ2v) is 12.4. The highest BCUT2D eigenvalue weighted by Gasteiger charge is 2.41. The first-order chi connectivity index (χ1) is 18.7. The first-order valence-corrected chi connectivity index (χ1v) is 13.8. The molecule has 0 spiro atoms. The van der Waals surface area contributed by atoms with Crippen LogP contribution < -0.4 is 16.4 Å². The maximum absolute atomic E-state index is 13.8. The fourth-order valence-corrected chi connectivity index (χ4v) is 6.20. The molecule has 40 heavy (non-hydrogen) atoms. The topological polar surface area (TPSA) is 154 Å². The van der Waals surface area contributed by atoms with Crippen molar-refractivity contribution in [2.24, 2.45) is 5.73 Å². The summed E-state index contributed by atoms with van der Waals surface area (Å²) in [6, 6.07) is 6.70. The predicted molar refractivity (Wildman–Crippen MR) is 146 cm³/mol. The number of benzene rings is 2. The van der Waals surface area contributed by atoms with Crippen molar-refractivity contribution in [1.82, 2.24) is 19.4 Å². The van der Waals surface area contributed by atoms with Gasteiger partial charge in [-0.05, 0) is 44.4 Å². The number of primary amides is 1. The normalized spacial score (nSPS) is 15.1. The highest BCUT2D eigenvalue weighted by molar-refractivity contribution is 7.89. The van der Waals surface area contributed by atoms with E-state index >= 15 is 0 Å². The van der Waals surface area contributed by atoms with Crippen LogP contribution in [0.15, 0.2) is 41.3 Å². The van der Waals surface area contributed by atoms with Crippen LogP contribution in [0.25, 0.3) is 0 Å². The van der Waals surface area contributed by atoms with Gasteiger partial charge in [0.05, 0.1) is 16.0 Å². The van der Waals surface area contributed by atoms with E-state index in [4.69, 9.17) is 5.73 Å². The van der Waals surface area contributed by atoms with Gasteiger partial charge in [0.2, 0.25) is 15.9 Å². The summed E-state index contributed by atoms with van der Waals surface area (Å²) >= 11 is 0. The van der Waals surface area contributed by atoms with Crippen molar-refractivity contribution < 1.29 is 26.8 Å². The highest BCUT2D eigenvalue weighted by atomic mass is 32.2. The van der Waals surface area contributed by atoms with E-state index in [9.17, 15) is 26.8 Å². The number of nitrogens with two attached hydrogens (primary N) is 1. The van der Waals surface area contributed by atoms with Crippen molar-refractivity contribution in [2.75, 3.05) is 44.4 Å². The van der Waals surface area contributed by atoms with Gasteiger partial charge in [0.1, 0.15) is 11.6 Å². The molecule has 1 aliphatic rings. The molecule has 1 aliphatic heterocycles. The van der Waals surface area contributed by atoms with E-state index in [1.54, 1.807) is 19.9 Å². The number of likely N-dealkylation sites (N-methyl/N-ethyl adjacent to an activating group) is 1. The van der Waals surface area contributed by atoms with Crippen LogP contribution in [-0.4, -0.2) is 73.4 Å². The molecule has 2 amide bonds. The fourth-order valence-electron chi connectivity index (χ4n) is 4.59. The maximum Gasteiger partial charge on any atom is 0.257 e. The Labute approximate surface area is 230 Å². The number of carbonyl (C=O) groups excluding carboxylic acids is 2. The molecular formula is C26H31F2N7O4S. The minimum Gasteiger partial charge on any atom is -0.384 e. The van der Waals surface area contributed by atoms with E-state index < -0.39 is 43.8 Å². The van der Waals surface area contributed by atoms with Crippen LogP contribution in [0.5, 0.6) is 0 Å². The number of amides is 2. The molecule has 0 aliphatic carbocycles. The van der Waals surface area contributed by atoms with Gasteiger partial charge in [-0.1, -0.05) is 13.8 Å². The summed E-state index contributed by atoms with van der Waals surface area (Å²) < 4.78 is 55.4. The fraction of sp³-hybridized carbons (Fsp3) is 0.346. The van der Waals surface area contributed by atoms with Crippen LogP contribution in [0, 0.1) is 11.6 Å². The number of aromatic nitrogens is 2. The number of carbonyl (C=O) groups is 2. The minimum atomic E-state index is -4.30. The monoisotopic (exact) mass is 575 g/mol. The molecule has 0 saturated heterocycles. The summed E-state index contributed by atoms with van der Waals surface area (Å²) in [6.45, 7) is 4.67. The molecule has 1 aromatic heterocycles. The van der Waals surface area contributed by atoms with Crippen LogP contribution >= 0.6 is 0 Å². The number of nitrogens with zero attached hydrogens (tertiary/aromatic N) is 3. The zero-order valence-electron chi connectivity index (χ0n) is 22.5. The van der Waals surface area contributed by atoms with Gasteiger partial charge in [0.25, 0.3) is 5.91 Å². The van der Waals surface area contributed by atoms with Crippen molar-refractivity contribution in [3.8, 4) is 0 Å². The van der Waals surface area contributed by atoms with E-state index in [0.29, 0.717) is 29.6 Å². The molecule has 2 heterocycles. The Bertz CT molecular complexity index is 1550. The average molecular weight is 576 g/mol. The molecule has 0 atom stereocenters. The van der Waals surface area contributed by atoms with Crippen LogP contribution in [0.1, 0.15) is 45.8 Å². The minimum absolute atomic E-state index is 0.00517. The third-order valence-corrected chi connectivity index (χ3v) is 8.34. The number of hydrogen-bond acceptors (Lipinski definition) is 7. The number of hydrogen-bond donors (Lipinski definition) is 4. The summed E-state index contributed by atoms with van der Waals surface area (Å²) in [5.74, 6) is -3.45. The zero-order valence-corrected chi connectivity index (χ0v) is 23.3. The highest BCUT2D eigenvalue weighted by Crippen LogP contribution is 2.38. The van der Waals surface area contributed by atoms with Gasteiger partial charge >= 0.3 is 0 Å². The molecule has 4 rings (SSSR count). The molecule has 0 radical (unpaired) electrons. The number of halogens is 2. The molecule has 5 N–H and O–H groups in total. The summed E-state index contributed by atoms with van der Waals surface area (Å²) in [4.78, 5) is 26.9. The molecule has 3 aromatic rings. The van der Waals surface area contributed by atoms with Crippen molar-refractivity contribution in [3.63, 3.8) is 0 Å². The van der Waals surface area contributed by atoms with Crippen molar-refractivity contribution >= 4 is 33.3 Å². The number of H-pyrrole nitrogens is 1.